The number of para-hydroxylation sites is 1. The van der Waals surface area contributed by atoms with Crippen LogP contribution in [0.1, 0.15) is 165 Å². The van der Waals surface area contributed by atoms with E-state index in [0.717, 1.165) is 43.5 Å². The van der Waals surface area contributed by atoms with Gasteiger partial charge in [-0.3, -0.25) is 52.5 Å². The molecule has 8 amide bonds. The number of ether oxygens (including phenoxy) is 5. The number of aryl methyl sites for hydroxylation is 1. The minimum atomic E-state index is -4.62. The molecule has 0 bridgehead atoms. The van der Waals surface area contributed by atoms with Gasteiger partial charge in [0.2, 0.25) is 47.3 Å². The second kappa shape index (κ2) is 52.7. The van der Waals surface area contributed by atoms with E-state index in [0.29, 0.717) is 58.0 Å². The van der Waals surface area contributed by atoms with Crippen molar-refractivity contribution in [1.82, 2.24) is 42.3 Å². The third kappa shape index (κ3) is 39.7. The molecule has 598 valence electrons. The van der Waals surface area contributed by atoms with E-state index in [1.54, 1.807) is 11.8 Å². The fourth-order valence-corrected chi connectivity index (χ4v) is 12.6. The van der Waals surface area contributed by atoms with Crippen molar-refractivity contribution < 1.29 is 111 Å². The van der Waals surface area contributed by atoms with Crippen LogP contribution in [0.15, 0.2) is 72.8 Å². The number of carbonyl (C=O) groups is 12. The Bertz CT molecular complexity index is 3460. The molecule has 12 N–H and O–H groups in total. The van der Waals surface area contributed by atoms with Crippen molar-refractivity contribution in [2.45, 2.75) is 185 Å². The molecular formula is C74H107IN9O23P. The van der Waals surface area contributed by atoms with Gasteiger partial charge in [-0.05, 0) is 166 Å². The quantitative estimate of drug-likeness (QED) is 0.0141. The van der Waals surface area contributed by atoms with Crippen LogP contribution in [-0.4, -0.2) is 208 Å². The molecule has 34 heteroatoms. The first-order valence-corrected chi connectivity index (χ1v) is 39.1. The molecule has 1 aliphatic rings. The van der Waals surface area contributed by atoms with E-state index in [2.05, 4.69) is 72.8 Å². The van der Waals surface area contributed by atoms with E-state index in [1.165, 1.54) is 7.11 Å². The van der Waals surface area contributed by atoms with Gasteiger partial charge in [-0.1, -0.05) is 61.0 Å². The maximum Gasteiger partial charge on any atom is 0.403 e. The summed E-state index contributed by atoms with van der Waals surface area (Å²) in [5.41, 5.74) is 6.07. The number of anilines is 1. The molecule has 0 saturated heterocycles. The van der Waals surface area contributed by atoms with Gasteiger partial charge in [-0.2, -0.15) is 0 Å². The number of amides is 8. The van der Waals surface area contributed by atoms with Crippen LogP contribution < -0.4 is 47.2 Å². The first kappa shape index (κ1) is 92.1. The summed E-state index contributed by atoms with van der Waals surface area (Å²) < 4.78 is 45.7. The first-order valence-electron chi connectivity index (χ1n) is 36.4. The van der Waals surface area contributed by atoms with E-state index in [-0.39, 0.29) is 161 Å². The van der Waals surface area contributed by atoms with Crippen LogP contribution in [0.2, 0.25) is 0 Å². The Hall–Kier alpha value is -8.28. The average molecular weight is 1650 g/mol. The minimum Gasteiger partial charge on any atom is -0.481 e. The summed E-state index contributed by atoms with van der Waals surface area (Å²) in [5, 5.41) is 48.5. The van der Waals surface area contributed by atoms with Crippen molar-refractivity contribution in [2.24, 2.45) is 0 Å². The molecular weight excluding hydrogens is 1540 g/mol. The Kier molecular flexibility index (Phi) is 45.0. The van der Waals surface area contributed by atoms with E-state index < -0.39 is 104 Å². The summed E-state index contributed by atoms with van der Waals surface area (Å²) in [5.74, 6) is -8.35. The van der Waals surface area contributed by atoms with E-state index in [1.807, 2.05) is 77.9 Å². The van der Waals surface area contributed by atoms with Crippen molar-refractivity contribution in [3.63, 3.8) is 0 Å². The van der Waals surface area contributed by atoms with Crippen LogP contribution in [0.3, 0.4) is 0 Å². The Morgan fingerprint density at radius 1 is 0.509 bits per heavy atom. The lowest BCUT2D eigenvalue weighted by atomic mass is 9.95. The van der Waals surface area contributed by atoms with Gasteiger partial charge < -0.3 is 86.0 Å². The number of allylic oxidation sites excluding steroid dienone is 1. The summed E-state index contributed by atoms with van der Waals surface area (Å²) in [6.45, 7) is 6.08. The number of hydrogen-bond donors (Lipinski definition) is 12. The van der Waals surface area contributed by atoms with Gasteiger partial charge in [-0.25, -0.2) is 19.2 Å². The molecule has 0 fully saturated rings. The highest BCUT2D eigenvalue weighted by Crippen LogP contribution is 2.38. The number of hydrogen-bond acceptors (Lipinski definition) is 19. The monoisotopic (exact) mass is 1650 g/mol. The molecule has 0 aromatic heterocycles. The molecule has 0 saturated carbocycles. The summed E-state index contributed by atoms with van der Waals surface area (Å²) >= 11 is 2.23. The van der Waals surface area contributed by atoms with Crippen LogP contribution in [0, 0.1) is 3.57 Å². The van der Waals surface area contributed by atoms with E-state index in [9.17, 15) is 77.2 Å². The highest BCUT2D eigenvalue weighted by molar-refractivity contribution is 14.1. The van der Waals surface area contributed by atoms with Crippen LogP contribution in [-0.2, 0) is 103 Å². The smallest absolute Gasteiger partial charge is 0.403 e. The molecule has 3 aromatic rings. The van der Waals surface area contributed by atoms with E-state index >= 15 is 0 Å². The Morgan fingerprint density at radius 3 is 1.74 bits per heavy atom. The van der Waals surface area contributed by atoms with Crippen molar-refractivity contribution in [1.29, 1.82) is 0 Å². The molecule has 32 nitrogen and oxygen atoms in total. The summed E-state index contributed by atoms with van der Waals surface area (Å²) in [7, 11) is -3.45. The van der Waals surface area contributed by atoms with Crippen molar-refractivity contribution in [2.75, 3.05) is 91.1 Å². The third-order valence-electron chi connectivity index (χ3n) is 16.9. The molecule has 0 radical (unpaired) electrons. The number of esters is 1. The lowest BCUT2D eigenvalue weighted by Gasteiger charge is -2.28. The Morgan fingerprint density at radius 2 is 1.06 bits per heavy atom. The summed E-state index contributed by atoms with van der Waals surface area (Å²) in [4.78, 5) is 163. The van der Waals surface area contributed by atoms with Gasteiger partial charge in [0, 0.05) is 80.6 Å². The molecule has 1 heterocycles. The number of nitrogens with zero attached hydrogens (tertiary/aromatic N) is 1. The van der Waals surface area contributed by atoms with Gasteiger partial charge in [-0.15, -0.1) is 0 Å². The molecule has 0 aliphatic carbocycles. The topological polar surface area (TPSA) is 458 Å². The highest BCUT2D eigenvalue weighted by Gasteiger charge is 2.31. The van der Waals surface area contributed by atoms with Crippen LogP contribution in [0.25, 0.3) is 11.6 Å². The number of methoxy groups -OCH3 is 1. The number of carbonyl (C=O) groups excluding carboxylic acids is 9. The van der Waals surface area contributed by atoms with Gasteiger partial charge in [0.25, 0.3) is 0 Å². The molecule has 4 unspecified atom stereocenters. The third-order valence-corrected chi connectivity index (χ3v) is 18.8. The summed E-state index contributed by atoms with van der Waals surface area (Å²) in [6, 6.07) is 17.9. The zero-order chi connectivity index (χ0) is 79.1. The number of rotatable bonds is 57. The number of fused-ring (bicyclic) bond motifs is 2. The Balaban J connectivity index is 1.12. The highest BCUT2D eigenvalue weighted by atomic mass is 127. The predicted molar refractivity (Wildman–Crippen MR) is 406 cm³/mol. The summed E-state index contributed by atoms with van der Waals surface area (Å²) in [6.07, 6.45) is 4.34. The fourth-order valence-electron chi connectivity index (χ4n) is 11.1. The van der Waals surface area contributed by atoms with Crippen LogP contribution in [0.4, 0.5) is 5.69 Å². The first-order chi connectivity index (χ1) is 51.7. The number of halogens is 1. The van der Waals surface area contributed by atoms with Gasteiger partial charge in [0.05, 0.1) is 78.8 Å². The number of aliphatic carboxylic acids is 3. The molecule has 6 atom stereocenters. The zero-order valence-corrected chi connectivity index (χ0v) is 64.8. The molecule has 3 aromatic carbocycles. The van der Waals surface area contributed by atoms with Crippen molar-refractivity contribution >= 4 is 119 Å². The molecule has 108 heavy (non-hydrogen) atoms. The molecule has 0 spiro atoms. The number of carboxylic acid groups (broad SMARTS) is 3. The van der Waals surface area contributed by atoms with Gasteiger partial charge in [0.15, 0.2) is 0 Å². The minimum absolute atomic E-state index is 0.0241. The molecule has 4 rings (SSSR count). The predicted octanol–water partition coefficient (Wildman–Crippen LogP) is 5.62. The lowest BCUT2D eigenvalue weighted by molar-refractivity contribution is -0.146. The van der Waals surface area contributed by atoms with Crippen molar-refractivity contribution in [3.05, 3.63) is 98.6 Å². The van der Waals surface area contributed by atoms with Gasteiger partial charge in [0.1, 0.15) is 24.2 Å². The van der Waals surface area contributed by atoms with Gasteiger partial charge >= 0.3 is 31.6 Å². The largest absolute Gasteiger partial charge is 0.481 e. The maximum absolute atomic E-state index is 13.9. The lowest BCUT2D eigenvalue weighted by Crippen LogP contribution is -2.52. The zero-order valence-electron chi connectivity index (χ0n) is 61.8. The standard InChI is InChI=1S/C74H107IN9O23P/c1-51-49-54-17-7-9-21-62(54)84(50-55-18-6-8-19-57(51)55)69(91)34-33-65(87)78-39-42-104-44-46-106-48-47-105-45-43-103-41-36-68(90)80-58(71(94)82-61(74(99)102-3)20-10-12-38-76-63(85)23-13-16-53-24-26-56(75)27-25-53)28-31-64(86)77-37-11-4-5-22-66(88)81-59(72(95)96)29-32-67(89)79-52(2)15-14-40-107-108(100,101)83-60(73(97)98)30-35-70(92)93/h6-9,17-19,21,24-27,49,52,58-61H,4-5,10-16,20,22-23,28-48,50H2,1-3H3,(H,76,85)(H,77,86)(H,78,87)(H,79,89)(H,80,90)(H,81,88)(H,82,94)(H,92,93)(H,95,96)(H,97,98)(H2,83,100,101)/b51-49-/t52-,58?,59+,60?,61?/m1/s1. The fraction of sp³-hybridized carbons (Fsp3) is 0.568. The number of carboxylic acids is 3. The Labute approximate surface area is 643 Å². The maximum atomic E-state index is 13.9. The second-order valence-electron chi connectivity index (χ2n) is 25.7. The normalized spacial score (nSPS) is 14.2. The van der Waals surface area contributed by atoms with E-state index in [4.69, 9.17) is 33.3 Å². The average Bonchev–Trinajstić information content (AvgIpc) is 0.793. The van der Waals surface area contributed by atoms with Crippen molar-refractivity contribution in [3.8, 4) is 0 Å². The number of unbranched alkanes of at least 4 members (excludes halogenated alkanes) is 3. The van der Waals surface area contributed by atoms with Crippen LogP contribution >= 0.6 is 30.3 Å². The SMILES string of the molecule is COC(=O)C(CCCCNC(=O)CCCc1ccc(I)cc1)NC(=O)C(CCC(=O)NCCCCCC(=O)N[C@@H](CCC(=O)N[C@H](C)CCCOP(=O)(O)NC(CCC(=O)O)C(=O)O)C(=O)O)NC(=O)CCOCCOCCOCCOCCNC(=O)CCC(=O)N1Cc2ccccc2/C(C)=C\c2ccccc21. The van der Waals surface area contributed by atoms with Crippen LogP contribution in [0.5, 0.6) is 0 Å². The molecule has 1 aliphatic heterocycles. The number of nitrogens with one attached hydrogen (secondary N) is 8. The number of benzene rings is 3. The second-order valence-corrected chi connectivity index (χ2v) is 28.5.